The minimum Gasteiger partial charge on any atom is -0.330 e. The summed E-state index contributed by atoms with van der Waals surface area (Å²) < 4.78 is 1.88. The highest BCUT2D eigenvalue weighted by Crippen LogP contribution is 2.14. The Morgan fingerprint density at radius 2 is 2.15 bits per heavy atom. The molecule has 1 aliphatic rings. The van der Waals surface area contributed by atoms with Crippen LogP contribution >= 0.6 is 0 Å². The summed E-state index contributed by atoms with van der Waals surface area (Å²) in [5, 5.41) is 4.25. The van der Waals surface area contributed by atoms with Crippen molar-refractivity contribution in [3.63, 3.8) is 0 Å². The summed E-state index contributed by atoms with van der Waals surface area (Å²) >= 11 is 0. The zero-order valence-electron chi connectivity index (χ0n) is 13.0. The molecule has 2 rings (SSSR count). The predicted octanol–water partition coefficient (Wildman–Crippen LogP) is 1.06. The van der Waals surface area contributed by atoms with Gasteiger partial charge < -0.3 is 5.73 Å². The lowest BCUT2D eigenvalue weighted by Gasteiger charge is -2.29. The Balaban J connectivity index is 1.85. The van der Waals surface area contributed by atoms with Crippen LogP contribution in [0.15, 0.2) is 12.4 Å². The van der Waals surface area contributed by atoms with Gasteiger partial charge in [0.05, 0.1) is 6.20 Å². The second-order valence-electron chi connectivity index (χ2n) is 5.83. The fourth-order valence-electron chi connectivity index (χ4n) is 3.16. The van der Waals surface area contributed by atoms with Crippen molar-refractivity contribution in [1.29, 1.82) is 0 Å². The molecule has 0 saturated carbocycles. The number of aryl methyl sites for hydroxylation is 1. The summed E-state index contributed by atoms with van der Waals surface area (Å²) in [5.41, 5.74) is 7.05. The van der Waals surface area contributed by atoms with Gasteiger partial charge in [-0.25, -0.2) is 0 Å². The van der Waals surface area contributed by atoms with Gasteiger partial charge in [-0.2, -0.15) is 5.10 Å². The van der Waals surface area contributed by atoms with E-state index in [0.29, 0.717) is 6.04 Å². The minimum atomic E-state index is 0.665. The molecule has 1 fully saturated rings. The molecule has 1 saturated heterocycles. The van der Waals surface area contributed by atoms with Crippen LogP contribution in [0.1, 0.15) is 31.7 Å². The first-order valence-electron chi connectivity index (χ1n) is 7.87. The molecule has 1 aromatic rings. The topological polar surface area (TPSA) is 50.3 Å². The number of nitrogens with zero attached hydrogens (tertiary/aromatic N) is 4. The fourth-order valence-corrected chi connectivity index (χ4v) is 3.16. The molecule has 1 aliphatic heterocycles. The lowest BCUT2D eigenvalue weighted by atomic mass is 10.1. The Hall–Kier alpha value is -0.910. The van der Waals surface area contributed by atoms with E-state index in [1.54, 1.807) is 0 Å². The van der Waals surface area contributed by atoms with E-state index in [4.69, 9.17) is 5.73 Å². The third-order valence-electron chi connectivity index (χ3n) is 4.28. The van der Waals surface area contributed by atoms with Gasteiger partial charge in [-0.3, -0.25) is 14.5 Å². The molecule has 0 amide bonds. The average molecular weight is 279 g/mol. The number of rotatable bonds is 6. The van der Waals surface area contributed by atoms with Crippen molar-refractivity contribution in [2.24, 2.45) is 12.8 Å². The Morgan fingerprint density at radius 3 is 2.80 bits per heavy atom. The smallest absolute Gasteiger partial charge is 0.0534 e. The normalized spacial score (nSPS) is 19.9. The van der Waals surface area contributed by atoms with Gasteiger partial charge in [0.1, 0.15) is 0 Å². The highest BCUT2D eigenvalue weighted by atomic mass is 15.3. The molecule has 0 aliphatic carbocycles. The van der Waals surface area contributed by atoms with Crippen LogP contribution in [-0.4, -0.2) is 58.3 Å². The van der Waals surface area contributed by atoms with Crippen LogP contribution in [0.25, 0.3) is 0 Å². The van der Waals surface area contributed by atoms with Crippen molar-refractivity contribution in [3.8, 4) is 0 Å². The molecule has 0 bridgehead atoms. The number of aromatic nitrogens is 2. The molecule has 0 aromatic carbocycles. The molecule has 0 spiro atoms. The summed E-state index contributed by atoms with van der Waals surface area (Å²) in [6.45, 7) is 8.81. The fraction of sp³-hybridized carbons (Fsp3) is 0.800. The van der Waals surface area contributed by atoms with Crippen molar-refractivity contribution in [3.05, 3.63) is 18.0 Å². The SMILES string of the molecule is CCC(CCN)N1CCCN(Cc2cnn(C)c2)CC1. The molecule has 1 aromatic heterocycles. The summed E-state index contributed by atoms with van der Waals surface area (Å²) in [7, 11) is 1.98. The van der Waals surface area contributed by atoms with E-state index in [1.165, 1.54) is 38.0 Å². The maximum Gasteiger partial charge on any atom is 0.0534 e. The van der Waals surface area contributed by atoms with Gasteiger partial charge in [0.15, 0.2) is 0 Å². The summed E-state index contributed by atoms with van der Waals surface area (Å²) in [5.74, 6) is 0. The highest BCUT2D eigenvalue weighted by Gasteiger charge is 2.20. The van der Waals surface area contributed by atoms with Crippen LogP contribution < -0.4 is 5.73 Å². The van der Waals surface area contributed by atoms with E-state index in [-0.39, 0.29) is 0 Å². The van der Waals surface area contributed by atoms with Crippen molar-refractivity contribution in [2.75, 3.05) is 32.7 Å². The number of hydrogen-bond acceptors (Lipinski definition) is 4. The van der Waals surface area contributed by atoms with Gasteiger partial charge in [-0.05, 0) is 38.9 Å². The zero-order chi connectivity index (χ0) is 14.4. The molecule has 5 heteroatoms. The largest absolute Gasteiger partial charge is 0.330 e. The van der Waals surface area contributed by atoms with Gasteiger partial charge in [-0.1, -0.05) is 6.92 Å². The molecule has 1 unspecified atom stereocenters. The lowest BCUT2D eigenvalue weighted by molar-refractivity contribution is 0.184. The van der Waals surface area contributed by atoms with Crippen molar-refractivity contribution in [2.45, 2.75) is 38.8 Å². The number of nitrogens with two attached hydrogens (primary N) is 1. The van der Waals surface area contributed by atoms with Gasteiger partial charge >= 0.3 is 0 Å². The van der Waals surface area contributed by atoms with Crippen LogP contribution in [-0.2, 0) is 13.6 Å². The van der Waals surface area contributed by atoms with Crippen LogP contribution in [0.4, 0.5) is 0 Å². The maximum absolute atomic E-state index is 5.74. The Labute approximate surface area is 122 Å². The second kappa shape index (κ2) is 7.76. The second-order valence-corrected chi connectivity index (χ2v) is 5.83. The van der Waals surface area contributed by atoms with E-state index in [2.05, 4.69) is 28.0 Å². The Kier molecular flexibility index (Phi) is 6.01. The molecular weight excluding hydrogens is 250 g/mol. The van der Waals surface area contributed by atoms with Gasteiger partial charge in [0, 0.05) is 44.5 Å². The quantitative estimate of drug-likeness (QED) is 0.846. The predicted molar refractivity (Wildman–Crippen MR) is 82.4 cm³/mol. The third-order valence-corrected chi connectivity index (χ3v) is 4.28. The third kappa shape index (κ3) is 4.30. The zero-order valence-corrected chi connectivity index (χ0v) is 13.0. The maximum atomic E-state index is 5.74. The highest BCUT2D eigenvalue weighted by molar-refractivity contribution is 5.03. The molecule has 5 nitrogen and oxygen atoms in total. The van der Waals surface area contributed by atoms with E-state index in [0.717, 1.165) is 26.1 Å². The summed E-state index contributed by atoms with van der Waals surface area (Å²) in [4.78, 5) is 5.18. The molecule has 114 valence electrons. The monoisotopic (exact) mass is 279 g/mol. The summed E-state index contributed by atoms with van der Waals surface area (Å²) in [6, 6.07) is 0.665. The molecule has 1 atom stereocenters. The Morgan fingerprint density at radius 1 is 1.30 bits per heavy atom. The first-order valence-corrected chi connectivity index (χ1v) is 7.87. The van der Waals surface area contributed by atoms with E-state index < -0.39 is 0 Å². The Bertz CT molecular complexity index is 389. The van der Waals surface area contributed by atoms with Gasteiger partial charge in [0.2, 0.25) is 0 Å². The van der Waals surface area contributed by atoms with E-state index >= 15 is 0 Å². The average Bonchev–Trinajstić information content (AvgIpc) is 2.71. The summed E-state index contributed by atoms with van der Waals surface area (Å²) in [6.07, 6.45) is 7.68. The van der Waals surface area contributed by atoms with Crippen molar-refractivity contribution < 1.29 is 0 Å². The van der Waals surface area contributed by atoms with Crippen LogP contribution in [0.2, 0.25) is 0 Å². The molecule has 20 heavy (non-hydrogen) atoms. The van der Waals surface area contributed by atoms with Gasteiger partial charge in [-0.15, -0.1) is 0 Å². The lowest BCUT2D eigenvalue weighted by Crippen LogP contribution is -2.39. The first-order chi connectivity index (χ1) is 9.72. The minimum absolute atomic E-state index is 0.665. The first kappa shape index (κ1) is 15.5. The standard InChI is InChI=1S/C15H29N5/c1-3-15(5-6-16)20-8-4-7-19(9-10-20)13-14-11-17-18(2)12-14/h11-12,15H,3-10,13,16H2,1-2H3. The van der Waals surface area contributed by atoms with Crippen LogP contribution in [0.5, 0.6) is 0 Å². The molecule has 0 radical (unpaired) electrons. The van der Waals surface area contributed by atoms with Gasteiger partial charge in [0.25, 0.3) is 0 Å². The van der Waals surface area contributed by atoms with Crippen molar-refractivity contribution >= 4 is 0 Å². The molecular formula is C15H29N5. The molecule has 2 heterocycles. The molecule has 2 N–H and O–H groups in total. The van der Waals surface area contributed by atoms with E-state index in [1.807, 2.05) is 17.9 Å². The number of hydrogen-bond donors (Lipinski definition) is 1. The van der Waals surface area contributed by atoms with Crippen LogP contribution in [0, 0.1) is 0 Å². The van der Waals surface area contributed by atoms with Crippen LogP contribution in [0.3, 0.4) is 0 Å². The van der Waals surface area contributed by atoms with E-state index in [9.17, 15) is 0 Å². The van der Waals surface area contributed by atoms with Crippen molar-refractivity contribution in [1.82, 2.24) is 19.6 Å².